The number of nitrogens with one attached hydrogen (secondary N) is 1. The molecule has 4 rings (SSSR count). The van der Waals surface area contributed by atoms with Crippen LogP contribution >= 0.6 is 0 Å². The molecule has 27 heavy (non-hydrogen) atoms. The zero-order valence-corrected chi connectivity index (χ0v) is 14.7. The van der Waals surface area contributed by atoms with Gasteiger partial charge in [0.2, 0.25) is 11.8 Å². The summed E-state index contributed by atoms with van der Waals surface area (Å²) in [4.78, 5) is 51.8. The zero-order chi connectivity index (χ0) is 19.1. The predicted molar refractivity (Wildman–Crippen MR) is 92.5 cm³/mol. The van der Waals surface area contributed by atoms with Crippen LogP contribution in [-0.4, -0.2) is 58.7 Å². The van der Waals surface area contributed by atoms with E-state index < -0.39 is 35.8 Å². The van der Waals surface area contributed by atoms with Gasteiger partial charge in [0.25, 0.3) is 11.8 Å². The van der Waals surface area contributed by atoms with Crippen LogP contribution in [0.15, 0.2) is 18.2 Å². The van der Waals surface area contributed by atoms with Crippen molar-refractivity contribution in [1.82, 2.24) is 15.1 Å². The van der Waals surface area contributed by atoms with E-state index in [0.29, 0.717) is 19.5 Å². The molecule has 3 aliphatic rings. The van der Waals surface area contributed by atoms with E-state index in [9.17, 15) is 23.6 Å². The molecule has 0 saturated carbocycles. The molecule has 3 heterocycles. The summed E-state index contributed by atoms with van der Waals surface area (Å²) in [6.45, 7) is 1.67. The number of amides is 4. The number of fused-ring (bicyclic) bond motifs is 1. The van der Waals surface area contributed by atoms with Crippen molar-refractivity contribution in [2.45, 2.75) is 44.4 Å². The highest BCUT2D eigenvalue weighted by atomic mass is 19.1. The number of piperidine rings is 2. The fraction of sp³-hybridized carbons (Fsp3) is 0.474. The summed E-state index contributed by atoms with van der Waals surface area (Å²) in [5.74, 6) is -2.06. The number of carbonyl (C=O) groups is 4. The number of alkyl halides is 1. The molecule has 142 valence electrons. The van der Waals surface area contributed by atoms with Crippen LogP contribution in [0.5, 0.6) is 0 Å². The molecular weight excluding hydrogens is 353 g/mol. The van der Waals surface area contributed by atoms with E-state index in [2.05, 4.69) is 5.32 Å². The maximum Gasteiger partial charge on any atom is 0.262 e. The third-order valence-corrected chi connectivity index (χ3v) is 5.36. The minimum Gasteiger partial charge on any atom is -0.296 e. The van der Waals surface area contributed by atoms with Gasteiger partial charge in [-0.1, -0.05) is 6.07 Å². The summed E-state index contributed by atoms with van der Waals surface area (Å²) in [5.41, 5.74) is 1.35. The van der Waals surface area contributed by atoms with Gasteiger partial charge in [0, 0.05) is 19.5 Å². The molecule has 2 atom stereocenters. The lowest BCUT2D eigenvalue weighted by molar-refractivity contribution is -0.136. The second-order valence-corrected chi connectivity index (χ2v) is 7.30. The van der Waals surface area contributed by atoms with Gasteiger partial charge in [0.1, 0.15) is 12.2 Å². The lowest BCUT2D eigenvalue weighted by atomic mass is 10.0. The third kappa shape index (κ3) is 3.25. The Kier molecular flexibility index (Phi) is 4.51. The van der Waals surface area contributed by atoms with E-state index >= 15 is 0 Å². The fourth-order valence-corrected chi connectivity index (χ4v) is 4.02. The molecule has 1 aromatic rings. The minimum absolute atomic E-state index is 0.0917. The molecule has 2 unspecified atom stereocenters. The molecule has 2 fully saturated rings. The van der Waals surface area contributed by atoms with Gasteiger partial charge < -0.3 is 0 Å². The van der Waals surface area contributed by atoms with Gasteiger partial charge in [-0.3, -0.25) is 34.3 Å². The van der Waals surface area contributed by atoms with Crippen LogP contribution in [-0.2, 0) is 16.1 Å². The molecule has 0 radical (unpaired) electrons. The summed E-state index contributed by atoms with van der Waals surface area (Å²) in [6, 6.07) is 4.05. The van der Waals surface area contributed by atoms with Crippen molar-refractivity contribution in [1.29, 1.82) is 0 Å². The first kappa shape index (κ1) is 17.8. The standard InChI is InChI=1S/C19H20FN3O4/c20-12-2-1-7-22(10-12)9-11-3-4-13-14(8-11)19(27)23(18(13)26)15-5-6-16(24)21-17(15)25/h3-4,8,12,15H,1-2,5-7,9-10H2,(H,21,24,25). The van der Waals surface area contributed by atoms with E-state index in [1.807, 2.05) is 4.90 Å². The molecule has 4 amide bonds. The summed E-state index contributed by atoms with van der Waals surface area (Å²) < 4.78 is 13.6. The molecular formula is C19H20FN3O4. The summed E-state index contributed by atoms with van der Waals surface area (Å²) in [7, 11) is 0. The number of hydrogen-bond donors (Lipinski definition) is 1. The molecule has 1 N–H and O–H groups in total. The Morgan fingerprint density at radius 2 is 1.85 bits per heavy atom. The van der Waals surface area contributed by atoms with Crippen molar-refractivity contribution >= 4 is 23.6 Å². The normalized spacial score (nSPS) is 26.3. The topological polar surface area (TPSA) is 86.8 Å². The maximum atomic E-state index is 13.6. The van der Waals surface area contributed by atoms with Gasteiger partial charge in [-0.25, -0.2) is 4.39 Å². The maximum absolute atomic E-state index is 13.6. The van der Waals surface area contributed by atoms with Crippen LogP contribution in [0.1, 0.15) is 52.0 Å². The molecule has 0 aliphatic carbocycles. The fourth-order valence-electron chi connectivity index (χ4n) is 4.02. The lowest BCUT2D eigenvalue weighted by Crippen LogP contribution is -2.54. The van der Waals surface area contributed by atoms with E-state index in [1.165, 1.54) is 0 Å². The third-order valence-electron chi connectivity index (χ3n) is 5.36. The van der Waals surface area contributed by atoms with Crippen LogP contribution in [0.4, 0.5) is 4.39 Å². The Hall–Kier alpha value is -2.61. The average molecular weight is 373 g/mol. The Morgan fingerprint density at radius 3 is 2.59 bits per heavy atom. The molecule has 0 spiro atoms. The molecule has 7 nitrogen and oxygen atoms in total. The zero-order valence-electron chi connectivity index (χ0n) is 14.7. The molecule has 0 bridgehead atoms. The summed E-state index contributed by atoms with van der Waals surface area (Å²) in [5, 5.41) is 2.18. The molecule has 1 aromatic carbocycles. The predicted octanol–water partition coefficient (Wildman–Crippen LogP) is 1.02. The Balaban J connectivity index is 1.54. The number of benzene rings is 1. The Bertz CT molecular complexity index is 840. The number of rotatable bonds is 3. The Morgan fingerprint density at radius 1 is 1.07 bits per heavy atom. The van der Waals surface area contributed by atoms with E-state index in [-0.39, 0.29) is 24.0 Å². The first-order chi connectivity index (χ1) is 12.9. The molecule has 2 saturated heterocycles. The van der Waals surface area contributed by atoms with Gasteiger partial charge in [-0.05, 0) is 43.5 Å². The highest BCUT2D eigenvalue weighted by Gasteiger charge is 2.44. The molecule has 0 aromatic heterocycles. The van der Waals surface area contributed by atoms with Gasteiger partial charge in [0.15, 0.2) is 0 Å². The SMILES string of the molecule is O=C1CCC(N2C(=O)c3ccc(CN4CCCC(F)C4)cc3C2=O)C(=O)N1. The monoisotopic (exact) mass is 373 g/mol. The smallest absolute Gasteiger partial charge is 0.262 e. The number of likely N-dealkylation sites (tertiary alicyclic amines) is 1. The second kappa shape index (κ2) is 6.84. The second-order valence-electron chi connectivity index (χ2n) is 7.30. The summed E-state index contributed by atoms with van der Waals surface area (Å²) in [6.07, 6.45) is 0.768. The number of nitrogens with zero attached hydrogens (tertiary/aromatic N) is 2. The first-order valence-electron chi connectivity index (χ1n) is 9.15. The van der Waals surface area contributed by atoms with Crippen LogP contribution in [0.3, 0.4) is 0 Å². The minimum atomic E-state index is -0.965. The Labute approximate surface area is 155 Å². The van der Waals surface area contributed by atoms with Crippen LogP contribution in [0.25, 0.3) is 0 Å². The van der Waals surface area contributed by atoms with Crippen LogP contribution < -0.4 is 5.32 Å². The highest BCUT2D eigenvalue weighted by molar-refractivity contribution is 6.23. The highest BCUT2D eigenvalue weighted by Crippen LogP contribution is 2.29. The average Bonchev–Trinajstić information content (AvgIpc) is 2.86. The van der Waals surface area contributed by atoms with Crippen LogP contribution in [0, 0.1) is 0 Å². The van der Waals surface area contributed by atoms with Crippen molar-refractivity contribution < 1.29 is 23.6 Å². The van der Waals surface area contributed by atoms with E-state index in [0.717, 1.165) is 23.4 Å². The van der Waals surface area contributed by atoms with Crippen molar-refractivity contribution in [3.05, 3.63) is 34.9 Å². The van der Waals surface area contributed by atoms with Crippen molar-refractivity contribution in [3.63, 3.8) is 0 Å². The first-order valence-corrected chi connectivity index (χ1v) is 9.15. The quantitative estimate of drug-likeness (QED) is 0.800. The van der Waals surface area contributed by atoms with Crippen LogP contribution in [0.2, 0.25) is 0 Å². The van der Waals surface area contributed by atoms with Gasteiger partial charge in [-0.2, -0.15) is 0 Å². The lowest BCUT2D eigenvalue weighted by Gasteiger charge is -2.28. The van der Waals surface area contributed by atoms with E-state index in [1.54, 1.807) is 18.2 Å². The number of carbonyl (C=O) groups excluding carboxylic acids is 4. The van der Waals surface area contributed by atoms with Gasteiger partial charge in [-0.15, -0.1) is 0 Å². The largest absolute Gasteiger partial charge is 0.296 e. The van der Waals surface area contributed by atoms with Gasteiger partial charge in [0.05, 0.1) is 11.1 Å². The van der Waals surface area contributed by atoms with Crippen molar-refractivity contribution in [2.75, 3.05) is 13.1 Å². The van der Waals surface area contributed by atoms with E-state index in [4.69, 9.17) is 0 Å². The van der Waals surface area contributed by atoms with Gasteiger partial charge >= 0.3 is 0 Å². The number of hydrogen-bond acceptors (Lipinski definition) is 5. The molecule has 8 heteroatoms. The number of halogens is 1. The van der Waals surface area contributed by atoms with Crippen molar-refractivity contribution in [2.24, 2.45) is 0 Å². The van der Waals surface area contributed by atoms with Crippen molar-refractivity contribution in [3.8, 4) is 0 Å². The molecule has 3 aliphatic heterocycles. The number of imide groups is 2. The summed E-state index contributed by atoms with van der Waals surface area (Å²) >= 11 is 0.